The number of ether oxygens (including phenoxy) is 3. The van der Waals surface area contributed by atoms with Crippen LogP contribution in [0.5, 0.6) is 23.0 Å². The zero-order valence-electron chi connectivity index (χ0n) is 17.8. The lowest BCUT2D eigenvalue weighted by atomic mass is 10.2. The van der Waals surface area contributed by atoms with Crippen molar-refractivity contribution in [3.63, 3.8) is 0 Å². The Morgan fingerprint density at radius 1 is 1.00 bits per heavy atom. The molecule has 33 heavy (non-hydrogen) atoms. The third-order valence-electron chi connectivity index (χ3n) is 4.71. The number of benzene rings is 3. The minimum Gasteiger partial charge on any atom is -0.493 e. The van der Waals surface area contributed by atoms with Crippen molar-refractivity contribution in [3.05, 3.63) is 77.4 Å². The summed E-state index contributed by atoms with van der Waals surface area (Å²) in [6, 6.07) is 15.7. The predicted octanol–water partition coefficient (Wildman–Crippen LogP) is 3.26. The van der Waals surface area contributed by atoms with E-state index in [1.165, 1.54) is 37.6 Å². The maximum absolute atomic E-state index is 12.5. The summed E-state index contributed by atoms with van der Waals surface area (Å²) in [6.07, 6.45) is 1.39. The first-order valence-electron chi connectivity index (χ1n) is 9.78. The highest BCUT2D eigenvalue weighted by molar-refractivity contribution is 7.87. The maximum Gasteiger partial charge on any atom is 0.339 e. The standard InChI is InChI=1S/C23H20N2O7S/c1-15-3-7-18(8-4-15)33(27,28)32-20-9-5-16(11-21(20)29-2)13-24-25-23(26)17-6-10-19-22(12-17)31-14-30-19/h3-13H,14H2,1-2H3,(H,25,26). The van der Waals surface area contributed by atoms with E-state index in [4.69, 9.17) is 18.4 Å². The third kappa shape index (κ3) is 5.07. The Balaban J connectivity index is 1.44. The van der Waals surface area contributed by atoms with Gasteiger partial charge < -0.3 is 18.4 Å². The first kappa shape index (κ1) is 22.2. The van der Waals surface area contributed by atoms with Crippen molar-refractivity contribution in [1.29, 1.82) is 0 Å². The van der Waals surface area contributed by atoms with E-state index in [2.05, 4.69) is 10.5 Å². The van der Waals surface area contributed by atoms with E-state index < -0.39 is 16.0 Å². The van der Waals surface area contributed by atoms with Gasteiger partial charge in [-0.3, -0.25) is 4.79 Å². The quantitative estimate of drug-likeness (QED) is 0.322. The number of methoxy groups -OCH3 is 1. The highest BCUT2D eigenvalue weighted by atomic mass is 32.2. The number of rotatable bonds is 7. The second-order valence-corrected chi connectivity index (χ2v) is 8.57. The Hall–Kier alpha value is -4.05. The molecule has 0 saturated carbocycles. The number of hydrazone groups is 1. The van der Waals surface area contributed by atoms with E-state index in [1.807, 2.05) is 6.92 Å². The van der Waals surface area contributed by atoms with Crippen LogP contribution in [0.3, 0.4) is 0 Å². The molecule has 1 aliphatic rings. The molecular weight excluding hydrogens is 448 g/mol. The van der Waals surface area contributed by atoms with Crippen molar-refractivity contribution in [2.24, 2.45) is 5.10 Å². The van der Waals surface area contributed by atoms with Gasteiger partial charge in [0.05, 0.1) is 13.3 Å². The molecule has 0 fully saturated rings. The number of nitrogens with zero attached hydrogens (tertiary/aromatic N) is 1. The minimum atomic E-state index is -4.03. The summed E-state index contributed by atoms with van der Waals surface area (Å²) >= 11 is 0. The number of hydrogen-bond acceptors (Lipinski definition) is 8. The van der Waals surface area contributed by atoms with Gasteiger partial charge in [0, 0.05) is 5.56 Å². The first-order valence-corrected chi connectivity index (χ1v) is 11.2. The molecule has 0 saturated heterocycles. The number of fused-ring (bicyclic) bond motifs is 1. The van der Waals surface area contributed by atoms with Gasteiger partial charge >= 0.3 is 10.1 Å². The molecule has 0 radical (unpaired) electrons. The summed E-state index contributed by atoms with van der Waals surface area (Å²) in [7, 11) is -2.64. The highest BCUT2D eigenvalue weighted by Gasteiger charge is 2.19. The fourth-order valence-electron chi connectivity index (χ4n) is 2.97. The molecule has 1 aliphatic heterocycles. The number of aryl methyl sites for hydroxylation is 1. The second kappa shape index (κ2) is 9.21. The Labute approximate surface area is 190 Å². The van der Waals surface area contributed by atoms with E-state index in [1.54, 1.807) is 36.4 Å². The van der Waals surface area contributed by atoms with Crippen LogP contribution in [0.15, 0.2) is 70.7 Å². The number of hydrogen-bond donors (Lipinski definition) is 1. The van der Waals surface area contributed by atoms with Gasteiger partial charge in [0.1, 0.15) is 4.90 Å². The van der Waals surface area contributed by atoms with Gasteiger partial charge in [-0.05, 0) is 61.0 Å². The normalized spacial score (nSPS) is 12.5. The topological polar surface area (TPSA) is 113 Å². The zero-order chi connectivity index (χ0) is 23.4. The van der Waals surface area contributed by atoms with Crippen molar-refractivity contribution in [2.45, 2.75) is 11.8 Å². The van der Waals surface area contributed by atoms with Crippen LogP contribution in [0.2, 0.25) is 0 Å². The molecule has 0 atom stereocenters. The molecule has 0 bridgehead atoms. The van der Waals surface area contributed by atoms with Crippen LogP contribution in [0.25, 0.3) is 0 Å². The first-order chi connectivity index (χ1) is 15.9. The molecule has 1 amide bonds. The van der Waals surface area contributed by atoms with Crippen LogP contribution < -0.4 is 23.8 Å². The van der Waals surface area contributed by atoms with Crippen molar-refractivity contribution in [2.75, 3.05) is 13.9 Å². The number of amides is 1. The second-order valence-electron chi connectivity index (χ2n) is 7.03. The van der Waals surface area contributed by atoms with Crippen LogP contribution in [0, 0.1) is 6.92 Å². The molecule has 1 heterocycles. The van der Waals surface area contributed by atoms with Crippen LogP contribution in [0.4, 0.5) is 0 Å². The van der Waals surface area contributed by atoms with Crippen molar-refractivity contribution >= 4 is 22.2 Å². The summed E-state index contributed by atoms with van der Waals surface area (Å²) < 4.78 is 46.1. The largest absolute Gasteiger partial charge is 0.493 e. The molecule has 10 heteroatoms. The fraction of sp³-hybridized carbons (Fsp3) is 0.130. The number of nitrogens with one attached hydrogen (secondary N) is 1. The monoisotopic (exact) mass is 468 g/mol. The molecule has 0 spiro atoms. The van der Waals surface area contributed by atoms with Crippen LogP contribution in [-0.4, -0.2) is 34.4 Å². The average molecular weight is 468 g/mol. The molecule has 4 rings (SSSR count). The summed E-state index contributed by atoms with van der Waals surface area (Å²) in [5.41, 5.74) is 4.27. The van der Waals surface area contributed by atoms with Crippen molar-refractivity contribution < 1.29 is 31.6 Å². The number of carbonyl (C=O) groups is 1. The van der Waals surface area contributed by atoms with E-state index >= 15 is 0 Å². The predicted molar refractivity (Wildman–Crippen MR) is 120 cm³/mol. The van der Waals surface area contributed by atoms with Crippen molar-refractivity contribution in [3.8, 4) is 23.0 Å². The summed E-state index contributed by atoms with van der Waals surface area (Å²) in [5.74, 6) is 0.860. The summed E-state index contributed by atoms with van der Waals surface area (Å²) in [5, 5.41) is 3.94. The van der Waals surface area contributed by atoms with Crippen LogP contribution in [0.1, 0.15) is 21.5 Å². The van der Waals surface area contributed by atoms with Crippen LogP contribution in [-0.2, 0) is 10.1 Å². The molecule has 3 aromatic rings. The van der Waals surface area contributed by atoms with E-state index in [0.29, 0.717) is 22.6 Å². The molecule has 170 valence electrons. The Kier molecular flexibility index (Phi) is 6.18. The number of carbonyl (C=O) groups excluding carboxylic acids is 1. The van der Waals surface area contributed by atoms with Crippen LogP contribution >= 0.6 is 0 Å². The lowest BCUT2D eigenvalue weighted by Crippen LogP contribution is -2.17. The van der Waals surface area contributed by atoms with Crippen molar-refractivity contribution in [1.82, 2.24) is 5.43 Å². The van der Waals surface area contributed by atoms with Gasteiger partial charge in [-0.15, -0.1) is 0 Å². The third-order valence-corrected chi connectivity index (χ3v) is 5.96. The van der Waals surface area contributed by atoms with E-state index in [0.717, 1.165) is 5.56 Å². The minimum absolute atomic E-state index is 0.0274. The molecule has 1 N–H and O–H groups in total. The van der Waals surface area contributed by atoms with E-state index in [-0.39, 0.29) is 23.2 Å². The summed E-state index contributed by atoms with van der Waals surface area (Å²) in [6.45, 7) is 1.98. The SMILES string of the molecule is COc1cc(C=NNC(=O)c2ccc3c(c2)OCO3)ccc1OS(=O)(=O)c1ccc(C)cc1. The Bertz CT molecular complexity index is 1320. The molecule has 0 aliphatic carbocycles. The Morgan fingerprint density at radius 3 is 2.52 bits per heavy atom. The smallest absolute Gasteiger partial charge is 0.339 e. The molecule has 3 aromatic carbocycles. The molecule has 0 unspecified atom stereocenters. The molecular formula is C23H20N2O7S. The summed E-state index contributed by atoms with van der Waals surface area (Å²) in [4.78, 5) is 12.3. The Morgan fingerprint density at radius 2 is 1.76 bits per heavy atom. The lowest BCUT2D eigenvalue weighted by molar-refractivity contribution is 0.0954. The van der Waals surface area contributed by atoms with Gasteiger partial charge in [0.25, 0.3) is 5.91 Å². The van der Waals surface area contributed by atoms with Gasteiger partial charge in [-0.1, -0.05) is 17.7 Å². The van der Waals surface area contributed by atoms with Gasteiger partial charge in [0.2, 0.25) is 6.79 Å². The zero-order valence-corrected chi connectivity index (χ0v) is 18.6. The highest BCUT2D eigenvalue weighted by Crippen LogP contribution is 2.32. The van der Waals surface area contributed by atoms with Gasteiger partial charge in [-0.25, -0.2) is 5.43 Å². The average Bonchev–Trinajstić information content (AvgIpc) is 3.28. The van der Waals surface area contributed by atoms with Gasteiger partial charge in [-0.2, -0.15) is 13.5 Å². The lowest BCUT2D eigenvalue weighted by Gasteiger charge is -2.11. The van der Waals surface area contributed by atoms with E-state index in [9.17, 15) is 13.2 Å². The fourth-order valence-corrected chi connectivity index (χ4v) is 3.91. The molecule has 9 nitrogen and oxygen atoms in total. The molecule has 0 aromatic heterocycles. The van der Waals surface area contributed by atoms with Gasteiger partial charge in [0.15, 0.2) is 23.0 Å². The maximum atomic E-state index is 12.5.